The van der Waals surface area contributed by atoms with Gasteiger partial charge in [0.1, 0.15) is 0 Å². The summed E-state index contributed by atoms with van der Waals surface area (Å²) in [5, 5.41) is 0. The van der Waals surface area contributed by atoms with Gasteiger partial charge in [0.25, 0.3) is 0 Å². The molecule has 0 fully saturated rings. The number of halogens is 1. The average molecular weight is 295 g/mol. The molecule has 1 aromatic carbocycles. The number of furan rings is 1. The van der Waals surface area contributed by atoms with E-state index in [1.165, 1.54) is 0 Å². The Morgan fingerprint density at radius 3 is 2.82 bits per heavy atom. The van der Waals surface area contributed by atoms with Crippen LogP contribution in [0.4, 0.5) is 5.69 Å². The smallest absolute Gasteiger partial charge is 0.0952 e. The van der Waals surface area contributed by atoms with Crippen LogP contribution in [0.2, 0.25) is 0 Å². The summed E-state index contributed by atoms with van der Waals surface area (Å²) in [7, 11) is 2.05. The fraction of sp³-hybridized carbons (Fsp3) is 0.231. The molecule has 0 aliphatic heterocycles. The summed E-state index contributed by atoms with van der Waals surface area (Å²) in [4.78, 5) is 2.16. The molecule has 1 aromatic heterocycles. The van der Waals surface area contributed by atoms with E-state index in [-0.39, 0.29) is 0 Å². The minimum absolute atomic E-state index is 0.520. The molecule has 0 spiro atoms. The molecule has 4 heteroatoms. The number of hydrogen-bond donors (Lipinski definition) is 1. The molecule has 2 aromatic rings. The van der Waals surface area contributed by atoms with Crippen molar-refractivity contribution in [1.29, 1.82) is 0 Å². The van der Waals surface area contributed by atoms with Crippen LogP contribution in [0.1, 0.15) is 11.1 Å². The van der Waals surface area contributed by atoms with Crippen LogP contribution in [0.3, 0.4) is 0 Å². The largest absolute Gasteiger partial charge is 0.472 e. The second kappa shape index (κ2) is 5.38. The van der Waals surface area contributed by atoms with Crippen LogP contribution in [-0.4, -0.2) is 7.05 Å². The molecule has 0 bridgehead atoms. The van der Waals surface area contributed by atoms with E-state index < -0.39 is 0 Å². The van der Waals surface area contributed by atoms with Crippen molar-refractivity contribution < 1.29 is 4.42 Å². The van der Waals surface area contributed by atoms with Gasteiger partial charge in [0.2, 0.25) is 0 Å². The van der Waals surface area contributed by atoms with Gasteiger partial charge in [-0.1, -0.05) is 22.0 Å². The molecule has 0 saturated carbocycles. The molecule has 90 valence electrons. The lowest BCUT2D eigenvalue weighted by atomic mass is 10.1. The quantitative estimate of drug-likeness (QED) is 0.942. The van der Waals surface area contributed by atoms with Crippen LogP contribution in [0.5, 0.6) is 0 Å². The van der Waals surface area contributed by atoms with Crippen molar-refractivity contribution in [2.45, 2.75) is 13.1 Å². The van der Waals surface area contributed by atoms with Crippen molar-refractivity contribution >= 4 is 21.6 Å². The van der Waals surface area contributed by atoms with Gasteiger partial charge in [-0.15, -0.1) is 0 Å². The van der Waals surface area contributed by atoms with Crippen molar-refractivity contribution in [3.8, 4) is 0 Å². The molecule has 0 unspecified atom stereocenters. The zero-order valence-corrected chi connectivity index (χ0v) is 11.3. The Balaban J connectivity index is 2.24. The summed E-state index contributed by atoms with van der Waals surface area (Å²) in [5.41, 5.74) is 9.20. The normalized spacial score (nSPS) is 10.5. The molecular weight excluding hydrogens is 280 g/mol. The first-order valence-electron chi connectivity index (χ1n) is 5.42. The van der Waals surface area contributed by atoms with Crippen molar-refractivity contribution in [1.82, 2.24) is 0 Å². The molecule has 0 saturated heterocycles. The van der Waals surface area contributed by atoms with Gasteiger partial charge in [-0.2, -0.15) is 0 Å². The van der Waals surface area contributed by atoms with Gasteiger partial charge >= 0.3 is 0 Å². The monoisotopic (exact) mass is 294 g/mol. The second-order valence-electron chi connectivity index (χ2n) is 3.93. The molecular formula is C13H15BrN2O. The predicted molar refractivity (Wildman–Crippen MR) is 72.8 cm³/mol. The molecule has 0 aliphatic carbocycles. The number of rotatable bonds is 4. The highest BCUT2D eigenvalue weighted by Gasteiger charge is 2.10. The number of nitrogens with zero attached hydrogens (tertiary/aromatic N) is 1. The molecule has 17 heavy (non-hydrogen) atoms. The number of benzene rings is 1. The highest BCUT2D eigenvalue weighted by Crippen LogP contribution is 2.27. The third kappa shape index (κ3) is 2.70. The zero-order chi connectivity index (χ0) is 12.3. The van der Waals surface area contributed by atoms with Crippen LogP contribution >= 0.6 is 15.9 Å². The van der Waals surface area contributed by atoms with Crippen molar-refractivity contribution in [3.63, 3.8) is 0 Å². The van der Waals surface area contributed by atoms with E-state index in [4.69, 9.17) is 10.2 Å². The SMILES string of the molecule is CN(Cc1ccoc1)c1cccc(Br)c1CN. The standard InChI is InChI=1S/C13H15BrN2O/c1-16(8-10-5-6-17-9-10)13-4-2-3-12(14)11(13)7-15/h2-6,9H,7-8,15H2,1H3. The van der Waals surface area contributed by atoms with E-state index in [2.05, 4.69) is 26.9 Å². The number of hydrogen-bond acceptors (Lipinski definition) is 3. The zero-order valence-electron chi connectivity index (χ0n) is 9.69. The van der Waals surface area contributed by atoms with Gasteiger partial charge in [-0.3, -0.25) is 0 Å². The minimum Gasteiger partial charge on any atom is -0.472 e. The maximum atomic E-state index is 5.79. The Hall–Kier alpha value is -1.26. The van der Waals surface area contributed by atoms with Crippen LogP contribution in [-0.2, 0) is 13.1 Å². The lowest BCUT2D eigenvalue weighted by Crippen LogP contribution is -2.18. The minimum atomic E-state index is 0.520. The summed E-state index contributed by atoms with van der Waals surface area (Å²) in [6, 6.07) is 8.07. The first-order chi connectivity index (χ1) is 8.22. The van der Waals surface area contributed by atoms with E-state index in [1.54, 1.807) is 12.5 Å². The van der Waals surface area contributed by atoms with Crippen molar-refractivity contribution in [3.05, 3.63) is 52.4 Å². The second-order valence-corrected chi connectivity index (χ2v) is 4.78. The molecule has 1 heterocycles. The van der Waals surface area contributed by atoms with Gasteiger partial charge in [0.15, 0.2) is 0 Å². The van der Waals surface area contributed by atoms with Gasteiger partial charge in [0, 0.05) is 41.4 Å². The fourth-order valence-electron chi connectivity index (χ4n) is 1.85. The Kier molecular flexibility index (Phi) is 3.86. The first kappa shape index (κ1) is 12.2. The summed E-state index contributed by atoms with van der Waals surface area (Å²) in [5.74, 6) is 0. The van der Waals surface area contributed by atoms with E-state index in [0.29, 0.717) is 6.54 Å². The maximum Gasteiger partial charge on any atom is 0.0952 e. The van der Waals surface area contributed by atoms with Crippen molar-refractivity contribution in [2.24, 2.45) is 5.73 Å². The lowest BCUT2D eigenvalue weighted by Gasteiger charge is -2.22. The summed E-state index contributed by atoms with van der Waals surface area (Å²) in [6.07, 6.45) is 3.45. The predicted octanol–water partition coefficient (Wildman–Crippen LogP) is 3.14. The van der Waals surface area contributed by atoms with Gasteiger partial charge in [0.05, 0.1) is 12.5 Å². The van der Waals surface area contributed by atoms with Gasteiger partial charge in [-0.05, 0) is 18.2 Å². The third-order valence-electron chi connectivity index (χ3n) is 2.71. The first-order valence-corrected chi connectivity index (χ1v) is 6.21. The van der Waals surface area contributed by atoms with Gasteiger partial charge < -0.3 is 15.1 Å². The van der Waals surface area contributed by atoms with Crippen LogP contribution in [0.15, 0.2) is 45.7 Å². The summed E-state index contributed by atoms with van der Waals surface area (Å²) >= 11 is 3.53. The lowest BCUT2D eigenvalue weighted by molar-refractivity contribution is 0.563. The van der Waals surface area contributed by atoms with E-state index >= 15 is 0 Å². The maximum absolute atomic E-state index is 5.79. The van der Waals surface area contributed by atoms with Gasteiger partial charge in [-0.25, -0.2) is 0 Å². The molecule has 2 N–H and O–H groups in total. The van der Waals surface area contributed by atoms with E-state index in [0.717, 1.165) is 27.8 Å². The molecule has 2 rings (SSSR count). The average Bonchev–Trinajstić information content (AvgIpc) is 2.81. The Labute approximate surface area is 109 Å². The molecule has 0 atom stereocenters. The highest BCUT2D eigenvalue weighted by atomic mass is 79.9. The Morgan fingerprint density at radius 2 is 2.18 bits per heavy atom. The molecule has 0 radical (unpaired) electrons. The summed E-state index contributed by atoms with van der Waals surface area (Å²) in [6.45, 7) is 1.33. The van der Waals surface area contributed by atoms with Crippen molar-refractivity contribution in [2.75, 3.05) is 11.9 Å². The number of nitrogens with two attached hydrogens (primary N) is 1. The van der Waals surface area contributed by atoms with E-state index in [1.807, 2.05) is 25.2 Å². The van der Waals surface area contributed by atoms with Crippen LogP contribution < -0.4 is 10.6 Å². The van der Waals surface area contributed by atoms with Crippen LogP contribution in [0, 0.1) is 0 Å². The molecule has 0 amide bonds. The topological polar surface area (TPSA) is 42.4 Å². The summed E-state index contributed by atoms with van der Waals surface area (Å²) < 4.78 is 6.12. The number of anilines is 1. The highest BCUT2D eigenvalue weighted by molar-refractivity contribution is 9.10. The third-order valence-corrected chi connectivity index (χ3v) is 3.45. The Morgan fingerprint density at radius 1 is 1.35 bits per heavy atom. The Bertz CT molecular complexity index is 482. The van der Waals surface area contributed by atoms with Crippen LogP contribution in [0.25, 0.3) is 0 Å². The van der Waals surface area contributed by atoms with E-state index in [9.17, 15) is 0 Å². The fourth-order valence-corrected chi connectivity index (χ4v) is 2.37. The molecule has 3 nitrogen and oxygen atoms in total. The molecule has 0 aliphatic rings.